The van der Waals surface area contributed by atoms with Crippen molar-refractivity contribution < 1.29 is 4.79 Å². The quantitative estimate of drug-likeness (QED) is 0.501. The molecule has 4 aromatic rings. The first-order chi connectivity index (χ1) is 13.5. The van der Waals surface area contributed by atoms with Gasteiger partial charge in [0.25, 0.3) is 5.91 Å². The van der Waals surface area contributed by atoms with Crippen LogP contribution in [0, 0.1) is 0 Å². The van der Waals surface area contributed by atoms with E-state index in [1.54, 1.807) is 0 Å². The molecule has 0 spiro atoms. The third-order valence-corrected chi connectivity index (χ3v) is 6.10. The summed E-state index contributed by atoms with van der Waals surface area (Å²) in [5.41, 5.74) is 2.81. The molecule has 4 nitrogen and oxygen atoms in total. The Labute approximate surface area is 172 Å². The summed E-state index contributed by atoms with van der Waals surface area (Å²) in [5, 5.41) is 5.77. The van der Waals surface area contributed by atoms with Gasteiger partial charge in [0.2, 0.25) is 0 Å². The van der Waals surface area contributed by atoms with Crippen molar-refractivity contribution in [3.05, 3.63) is 64.6 Å². The normalized spacial score (nSPS) is 11.4. The zero-order valence-electron chi connectivity index (χ0n) is 15.7. The van der Waals surface area contributed by atoms with Crippen LogP contribution in [0.5, 0.6) is 0 Å². The highest BCUT2D eigenvalue weighted by Crippen LogP contribution is 2.41. The van der Waals surface area contributed by atoms with Gasteiger partial charge in [-0.05, 0) is 37.9 Å². The number of amides is 1. The van der Waals surface area contributed by atoms with Crippen molar-refractivity contribution in [1.82, 2.24) is 15.2 Å². The molecule has 0 aliphatic rings. The Morgan fingerprint density at radius 2 is 1.86 bits per heavy atom. The number of carbonyl (C=O) groups is 1. The highest BCUT2D eigenvalue weighted by molar-refractivity contribution is 7.22. The molecule has 0 fully saturated rings. The fourth-order valence-corrected chi connectivity index (χ4v) is 4.59. The second-order valence-electron chi connectivity index (χ2n) is 6.89. The molecular weight excluding hydrogens is 390 g/mol. The fraction of sp³-hybridized carbons (Fsp3) is 0.182. The molecule has 0 aliphatic carbocycles. The molecule has 0 saturated carbocycles. The fourth-order valence-electron chi connectivity index (χ4n) is 3.22. The van der Waals surface area contributed by atoms with Crippen LogP contribution in [0.25, 0.3) is 32.1 Å². The third-order valence-electron chi connectivity index (χ3n) is 4.61. The van der Waals surface area contributed by atoms with Crippen molar-refractivity contribution in [2.45, 2.75) is 0 Å². The summed E-state index contributed by atoms with van der Waals surface area (Å²) in [4.78, 5) is 20.4. The Bertz CT molecular complexity index is 1150. The van der Waals surface area contributed by atoms with Crippen LogP contribution >= 0.6 is 22.9 Å². The second kappa shape index (κ2) is 7.87. The first-order valence-electron chi connectivity index (χ1n) is 9.03. The minimum Gasteiger partial charge on any atom is -0.350 e. The van der Waals surface area contributed by atoms with E-state index in [4.69, 9.17) is 11.6 Å². The maximum absolute atomic E-state index is 13.0. The number of pyridine rings is 1. The number of aromatic nitrogens is 1. The standard InChI is InChI=1S/C22H20ClN3OS/c1-26(2)12-11-24-22(27)21-19(14-7-9-15(23)10-8-14)17-13-25-18-6-4-3-5-16(18)20(17)28-21/h3-10,13H,11-12H2,1-2H3,(H,24,27). The van der Waals surface area contributed by atoms with Crippen LogP contribution in [0.4, 0.5) is 0 Å². The van der Waals surface area contributed by atoms with E-state index in [-0.39, 0.29) is 5.91 Å². The molecule has 1 N–H and O–H groups in total. The van der Waals surface area contributed by atoms with Gasteiger partial charge in [-0.1, -0.05) is 41.9 Å². The molecule has 0 bridgehead atoms. The summed E-state index contributed by atoms with van der Waals surface area (Å²) in [5.74, 6) is -0.0583. The predicted octanol–water partition coefficient (Wildman–Crippen LogP) is 5.06. The highest BCUT2D eigenvalue weighted by atomic mass is 35.5. The molecule has 1 amide bonds. The van der Waals surface area contributed by atoms with Gasteiger partial charge in [0.1, 0.15) is 4.88 Å². The molecule has 4 rings (SSSR count). The molecule has 2 aromatic heterocycles. The van der Waals surface area contributed by atoms with Gasteiger partial charge < -0.3 is 10.2 Å². The number of rotatable bonds is 5. The molecule has 6 heteroatoms. The molecule has 2 aromatic carbocycles. The molecule has 142 valence electrons. The van der Waals surface area contributed by atoms with E-state index < -0.39 is 0 Å². The van der Waals surface area contributed by atoms with Crippen molar-refractivity contribution in [3.8, 4) is 11.1 Å². The lowest BCUT2D eigenvalue weighted by Gasteiger charge is -2.11. The van der Waals surface area contributed by atoms with Gasteiger partial charge in [0, 0.05) is 45.3 Å². The van der Waals surface area contributed by atoms with Gasteiger partial charge in [-0.2, -0.15) is 0 Å². The predicted molar refractivity (Wildman–Crippen MR) is 118 cm³/mol. The molecular formula is C22H20ClN3OS. The van der Waals surface area contributed by atoms with E-state index in [0.29, 0.717) is 16.4 Å². The summed E-state index contributed by atoms with van der Waals surface area (Å²) in [6.07, 6.45) is 1.87. The summed E-state index contributed by atoms with van der Waals surface area (Å²) >= 11 is 7.60. The molecule has 28 heavy (non-hydrogen) atoms. The van der Waals surface area contributed by atoms with Crippen molar-refractivity contribution >= 4 is 49.8 Å². The first-order valence-corrected chi connectivity index (χ1v) is 10.2. The zero-order chi connectivity index (χ0) is 19.7. The number of benzene rings is 2. The maximum atomic E-state index is 13.0. The monoisotopic (exact) mass is 409 g/mol. The van der Waals surface area contributed by atoms with E-state index in [2.05, 4.69) is 16.4 Å². The molecule has 0 radical (unpaired) electrons. The largest absolute Gasteiger partial charge is 0.350 e. The SMILES string of the molecule is CN(C)CCNC(=O)c1sc2c(cnc3ccccc32)c1-c1ccc(Cl)cc1. The number of halogens is 1. The highest BCUT2D eigenvalue weighted by Gasteiger charge is 2.21. The van der Waals surface area contributed by atoms with Crippen molar-refractivity contribution in [2.24, 2.45) is 0 Å². The maximum Gasteiger partial charge on any atom is 0.262 e. The van der Waals surface area contributed by atoms with E-state index in [1.807, 2.05) is 67.7 Å². The summed E-state index contributed by atoms with van der Waals surface area (Å²) in [7, 11) is 3.98. The average Bonchev–Trinajstić information content (AvgIpc) is 3.08. The zero-order valence-corrected chi connectivity index (χ0v) is 17.3. The van der Waals surface area contributed by atoms with E-state index in [1.165, 1.54) is 11.3 Å². The smallest absolute Gasteiger partial charge is 0.262 e. The molecule has 0 atom stereocenters. The number of para-hydroxylation sites is 1. The number of hydrogen-bond acceptors (Lipinski definition) is 4. The van der Waals surface area contributed by atoms with Crippen LogP contribution in [0.15, 0.2) is 54.7 Å². The number of nitrogens with zero attached hydrogens (tertiary/aromatic N) is 2. The van der Waals surface area contributed by atoms with Crippen LogP contribution in [0.1, 0.15) is 9.67 Å². The summed E-state index contributed by atoms with van der Waals surface area (Å²) in [6.45, 7) is 1.39. The van der Waals surface area contributed by atoms with Crippen molar-refractivity contribution in [3.63, 3.8) is 0 Å². The summed E-state index contributed by atoms with van der Waals surface area (Å²) < 4.78 is 1.08. The average molecular weight is 410 g/mol. The number of thiophene rings is 1. The Morgan fingerprint density at radius 1 is 1.11 bits per heavy atom. The topological polar surface area (TPSA) is 45.2 Å². The van der Waals surface area contributed by atoms with Crippen LogP contribution in [-0.4, -0.2) is 43.0 Å². The van der Waals surface area contributed by atoms with Crippen molar-refractivity contribution in [1.29, 1.82) is 0 Å². The number of nitrogens with one attached hydrogen (secondary N) is 1. The lowest BCUT2D eigenvalue weighted by molar-refractivity contribution is 0.0955. The Balaban J connectivity index is 1.88. The number of likely N-dealkylation sites (N-methyl/N-ethyl adjacent to an activating group) is 1. The van der Waals surface area contributed by atoms with Crippen LogP contribution in [-0.2, 0) is 0 Å². The minimum absolute atomic E-state index is 0.0583. The van der Waals surface area contributed by atoms with E-state index in [0.717, 1.165) is 38.7 Å². The van der Waals surface area contributed by atoms with Gasteiger partial charge in [0.05, 0.1) is 5.52 Å². The Hall–Kier alpha value is -2.47. The third kappa shape index (κ3) is 3.61. The molecule has 0 aliphatic heterocycles. The molecule has 0 saturated heterocycles. The van der Waals surface area contributed by atoms with Gasteiger partial charge in [-0.25, -0.2) is 0 Å². The number of fused-ring (bicyclic) bond motifs is 3. The Morgan fingerprint density at radius 3 is 2.61 bits per heavy atom. The molecule has 0 unspecified atom stereocenters. The lowest BCUT2D eigenvalue weighted by Crippen LogP contribution is -2.31. The van der Waals surface area contributed by atoms with Gasteiger partial charge in [0.15, 0.2) is 0 Å². The molecule has 2 heterocycles. The lowest BCUT2D eigenvalue weighted by atomic mass is 10.0. The van der Waals surface area contributed by atoms with E-state index >= 15 is 0 Å². The Kier molecular flexibility index (Phi) is 5.31. The van der Waals surface area contributed by atoms with Gasteiger partial charge in [-0.3, -0.25) is 9.78 Å². The van der Waals surface area contributed by atoms with Crippen LogP contribution in [0.3, 0.4) is 0 Å². The van der Waals surface area contributed by atoms with Crippen molar-refractivity contribution in [2.75, 3.05) is 27.2 Å². The van der Waals surface area contributed by atoms with Crippen LogP contribution in [0.2, 0.25) is 5.02 Å². The number of hydrogen-bond donors (Lipinski definition) is 1. The first kappa shape index (κ1) is 18.9. The number of carbonyl (C=O) groups excluding carboxylic acids is 1. The van der Waals surface area contributed by atoms with E-state index in [9.17, 15) is 4.79 Å². The van der Waals surface area contributed by atoms with Gasteiger partial charge >= 0.3 is 0 Å². The van der Waals surface area contributed by atoms with Gasteiger partial charge in [-0.15, -0.1) is 11.3 Å². The summed E-state index contributed by atoms with van der Waals surface area (Å²) in [6, 6.07) is 15.6. The van der Waals surface area contributed by atoms with Crippen LogP contribution < -0.4 is 5.32 Å². The minimum atomic E-state index is -0.0583. The second-order valence-corrected chi connectivity index (χ2v) is 8.35.